The van der Waals surface area contributed by atoms with Crippen molar-refractivity contribution in [3.8, 4) is 11.5 Å². The standard InChI is InChI=1S/C13H7Cl2FN2O/c14-7-4-11-12(5-9(7)16)19-13(18-11)6-1-2-10(17)8(15)3-6/h1-5H,17H2. The number of benzene rings is 2. The molecule has 0 spiro atoms. The molecule has 0 aliphatic heterocycles. The van der Waals surface area contributed by atoms with E-state index in [1.54, 1.807) is 18.2 Å². The molecule has 2 aromatic carbocycles. The lowest BCUT2D eigenvalue weighted by molar-refractivity contribution is 0.602. The van der Waals surface area contributed by atoms with Crippen LogP contribution in [0.3, 0.4) is 0 Å². The number of hydrogen-bond donors (Lipinski definition) is 1. The Morgan fingerprint density at radius 1 is 1.11 bits per heavy atom. The zero-order chi connectivity index (χ0) is 13.6. The van der Waals surface area contributed by atoms with Crippen LogP contribution in [0, 0.1) is 5.82 Å². The van der Waals surface area contributed by atoms with Crippen LogP contribution < -0.4 is 5.73 Å². The molecular weight excluding hydrogens is 290 g/mol. The van der Waals surface area contributed by atoms with Crippen molar-refractivity contribution in [3.63, 3.8) is 0 Å². The second-order valence-electron chi connectivity index (χ2n) is 3.99. The lowest BCUT2D eigenvalue weighted by atomic mass is 10.2. The van der Waals surface area contributed by atoms with Gasteiger partial charge in [0, 0.05) is 11.6 Å². The van der Waals surface area contributed by atoms with Gasteiger partial charge in [-0.2, -0.15) is 0 Å². The third-order valence-electron chi connectivity index (χ3n) is 2.68. The lowest BCUT2D eigenvalue weighted by Crippen LogP contribution is -1.86. The fourth-order valence-electron chi connectivity index (χ4n) is 1.71. The van der Waals surface area contributed by atoms with Crippen LogP contribution in [0.1, 0.15) is 0 Å². The van der Waals surface area contributed by atoms with Gasteiger partial charge < -0.3 is 10.2 Å². The maximum atomic E-state index is 13.3. The zero-order valence-corrected chi connectivity index (χ0v) is 11.0. The number of hydrogen-bond acceptors (Lipinski definition) is 3. The topological polar surface area (TPSA) is 52.0 Å². The van der Waals surface area contributed by atoms with E-state index >= 15 is 0 Å². The highest BCUT2D eigenvalue weighted by Gasteiger charge is 2.12. The Labute approximate surface area is 117 Å². The number of nitrogen functional groups attached to an aromatic ring is 1. The van der Waals surface area contributed by atoms with Gasteiger partial charge in [-0.05, 0) is 24.3 Å². The van der Waals surface area contributed by atoms with E-state index < -0.39 is 5.82 Å². The molecule has 1 heterocycles. The summed E-state index contributed by atoms with van der Waals surface area (Å²) >= 11 is 11.6. The van der Waals surface area contributed by atoms with Crippen LogP contribution in [0.5, 0.6) is 0 Å². The molecule has 3 aromatic rings. The van der Waals surface area contributed by atoms with E-state index in [0.717, 1.165) is 0 Å². The average molecular weight is 297 g/mol. The van der Waals surface area contributed by atoms with Crippen molar-refractivity contribution in [1.29, 1.82) is 0 Å². The molecule has 96 valence electrons. The van der Waals surface area contributed by atoms with Crippen LogP contribution in [-0.4, -0.2) is 4.98 Å². The predicted octanol–water partition coefficient (Wildman–Crippen LogP) is 4.52. The number of oxazole rings is 1. The molecule has 6 heteroatoms. The Balaban J connectivity index is 2.17. The molecule has 0 radical (unpaired) electrons. The summed E-state index contributed by atoms with van der Waals surface area (Å²) in [7, 11) is 0. The smallest absolute Gasteiger partial charge is 0.227 e. The van der Waals surface area contributed by atoms with Crippen molar-refractivity contribution in [2.75, 3.05) is 5.73 Å². The molecule has 0 unspecified atom stereocenters. The Hall–Kier alpha value is -1.78. The van der Waals surface area contributed by atoms with E-state index in [9.17, 15) is 4.39 Å². The highest BCUT2D eigenvalue weighted by atomic mass is 35.5. The van der Waals surface area contributed by atoms with Crippen LogP contribution in [0.25, 0.3) is 22.6 Å². The largest absolute Gasteiger partial charge is 0.436 e. The van der Waals surface area contributed by atoms with E-state index in [2.05, 4.69) is 4.98 Å². The first-order valence-corrected chi connectivity index (χ1v) is 6.11. The molecule has 0 saturated carbocycles. The zero-order valence-electron chi connectivity index (χ0n) is 9.45. The summed E-state index contributed by atoms with van der Waals surface area (Å²) in [5.41, 5.74) is 7.56. The number of aromatic nitrogens is 1. The number of nitrogens with zero attached hydrogens (tertiary/aromatic N) is 1. The molecule has 0 saturated heterocycles. The van der Waals surface area contributed by atoms with Crippen LogP contribution in [0.4, 0.5) is 10.1 Å². The summed E-state index contributed by atoms with van der Waals surface area (Å²) in [4.78, 5) is 4.24. The van der Waals surface area contributed by atoms with E-state index in [-0.39, 0.29) is 5.02 Å². The minimum Gasteiger partial charge on any atom is -0.436 e. The van der Waals surface area contributed by atoms with Crippen molar-refractivity contribution in [3.05, 3.63) is 46.2 Å². The molecule has 2 N–H and O–H groups in total. The normalized spacial score (nSPS) is 11.1. The molecule has 3 rings (SSSR count). The molecule has 0 bridgehead atoms. The highest BCUT2D eigenvalue weighted by Crippen LogP contribution is 2.30. The van der Waals surface area contributed by atoms with Gasteiger partial charge in [-0.3, -0.25) is 0 Å². The molecule has 0 atom stereocenters. The van der Waals surface area contributed by atoms with E-state index in [1.807, 2.05) is 0 Å². The molecular formula is C13H7Cl2FN2O. The van der Waals surface area contributed by atoms with E-state index in [0.29, 0.717) is 33.3 Å². The van der Waals surface area contributed by atoms with Gasteiger partial charge >= 0.3 is 0 Å². The first-order chi connectivity index (χ1) is 9.04. The van der Waals surface area contributed by atoms with Crippen molar-refractivity contribution < 1.29 is 8.81 Å². The maximum absolute atomic E-state index is 13.3. The van der Waals surface area contributed by atoms with E-state index in [1.165, 1.54) is 12.1 Å². The quantitative estimate of drug-likeness (QED) is 0.672. The van der Waals surface area contributed by atoms with Gasteiger partial charge in [0.15, 0.2) is 5.58 Å². The van der Waals surface area contributed by atoms with Gasteiger partial charge in [0.05, 0.1) is 15.7 Å². The van der Waals surface area contributed by atoms with Crippen LogP contribution in [0.2, 0.25) is 10.0 Å². The molecule has 19 heavy (non-hydrogen) atoms. The minimum atomic E-state index is -0.549. The van der Waals surface area contributed by atoms with Gasteiger partial charge in [0.25, 0.3) is 0 Å². The summed E-state index contributed by atoms with van der Waals surface area (Å²) in [6, 6.07) is 7.63. The van der Waals surface area contributed by atoms with Gasteiger partial charge in [-0.15, -0.1) is 0 Å². The van der Waals surface area contributed by atoms with Crippen molar-refractivity contribution in [2.45, 2.75) is 0 Å². The number of fused-ring (bicyclic) bond motifs is 1. The number of nitrogens with two attached hydrogens (primary N) is 1. The number of anilines is 1. The summed E-state index contributed by atoms with van der Waals surface area (Å²) in [5.74, 6) is -0.217. The number of rotatable bonds is 1. The molecule has 0 fully saturated rings. The minimum absolute atomic E-state index is 0.00249. The summed E-state index contributed by atoms with van der Waals surface area (Å²) in [6.45, 7) is 0. The van der Waals surface area contributed by atoms with Gasteiger partial charge in [-0.25, -0.2) is 9.37 Å². The second-order valence-corrected chi connectivity index (χ2v) is 4.80. The molecule has 3 nitrogen and oxygen atoms in total. The van der Waals surface area contributed by atoms with Crippen LogP contribution in [-0.2, 0) is 0 Å². The third kappa shape index (κ3) is 2.13. The Bertz CT molecular complexity index is 747. The van der Waals surface area contributed by atoms with Crippen molar-refractivity contribution in [2.24, 2.45) is 0 Å². The Kier molecular flexibility index (Phi) is 2.84. The predicted molar refractivity (Wildman–Crippen MR) is 73.8 cm³/mol. The van der Waals surface area contributed by atoms with Gasteiger partial charge in [0.2, 0.25) is 5.89 Å². The maximum Gasteiger partial charge on any atom is 0.227 e. The first kappa shape index (κ1) is 12.3. The number of halogens is 3. The lowest BCUT2D eigenvalue weighted by Gasteiger charge is -1.99. The fraction of sp³-hybridized carbons (Fsp3) is 0. The first-order valence-electron chi connectivity index (χ1n) is 5.35. The van der Waals surface area contributed by atoms with Gasteiger partial charge in [-0.1, -0.05) is 23.2 Å². The van der Waals surface area contributed by atoms with Crippen LogP contribution >= 0.6 is 23.2 Å². The van der Waals surface area contributed by atoms with Crippen molar-refractivity contribution >= 4 is 40.0 Å². The molecule has 1 aromatic heterocycles. The van der Waals surface area contributed by atoms with Gasteiger partial charge in [0.1, 0.15) is 11.3 Å². The average Bonchev–Trinajstić information content (AvgIpc) is 2.76. The third-order valence-corrected chi connectivity index (χ3v) is 3.29. The molecule has 0 aliphatic carbocycles. The molecule has 0 aliphatic rings. The summed E-state index contributed by atoms with van der Waals surface area (Å²) < 4.78 is 18.8. The van der Waals surface area contributed by atoms with E-state index in [4.69, 9.17) is 33.4 Å². The SMILES string of the molecule is Nc1ccc(-c2nc3cc(Cl)c(F)cc3o2)cc1Cl. The molecule has 0 amide bonds. The Morgan fingerprint density at radius 2 is 1.89 bits per heavy atom. The fourth-order valence-corrected chi connectivity index (χ4v) is 2.05. The summed E-state index contributed by atoms with van der Waals surface area (Å²) in [6.07, 6.45) is 0. The second kappa shape index (κ2) is 4.40. The Morgan fingerprint density at radius 3 is 2.63 bits per heavy atom. The van der Waals surface area contributed by atoms with Crippen LogP contribution in [0.15, 0.2) is 34.7 Å². The van der Waals surface area contributed by atoms with Crippen molar-refractivity contribution in [1.82, 2.24) is 4.98 Å². The monoisotopic (exact) mass is 296 g/mol. The summed E-state index contributed by atoms with van der Waals surface area (Å²) in [5, 5.41) is 0.409. The highest BCUT2D eigenvalue weighted by molar-refractivity contribution is 6.33.